The average Bonchev–Trinajstić information content (AvgIpc) is 3.02. The SMILES string of the molecule is N#CC(C#N)=C(C#N)Nc1ccc(C2=NCCO2)cc1. The minimum Gasteiger partial charge on any atom is -0.476 e. The van der Waals surface area contributed by atoms with E-state index in [0.717, 1.165) is 5.56 Å². The van der Waals surface area contributed by atoms with E-state index < -0.39 is 0 Å². The molecule has 0 saturated heterocycles. The van der Waals surface area contributed by atoms with Gasteiger partial charge in [0.25, 0.3) is 0 Å². The van der Waals surface area contributed by atoms with Gasteiger partial charge in [-0.25, -0.2) is 4.99 Å². The summed E-state index contributed by atoms with van der Waals surface area (Å²) in [4.78, 5) is 4.19. The molecule has 0 saturated carbocycles. The smallest absolute Gasteiger partial charge is 0.216 e. The van der Waals surface area contributed by atoms with Crippen LogP contribution >= 0.6 is 0 Å². The quantitative estimate of drug-likeness (QED) is 0.835. The monoisotopic (exact) mass is 263 g/mol. The number of allylic oxidation sites excluding steroid dienone is 2. The van der Waals surface area contributed by atoms with Gasteiger partial charge in [0, 0.05) is 11.3 Å². The molecule has 0 spiro atoms. The molecule has 0 aliphatic carbocycles. The van der Waals surface area contributed by atoms with E-state index in [1.807, 2.05) is 0 Å². The van der Waals surface area contributed by atoms with Crippen LogP contribution in [0.5, 0.6) is 0 Å². The normalized spacial score (nSPS) is 12.2. The average molecular weight is 263 g/mol. The zero-order valence-electron chi connectivity index (χ0n) is 10.4. The molecule has 6 nitrogen and oxygen atoms in total. The Morgan fingerprint density at radius 2 is 1.80 bits per heavy atom. The lowest BCUT2D eigenvalue weighted by atomic mass is 10.2. The van der Waals surface area contributed by atoms with Crippen molar-refractivity contribution in [3.63, 3.8) is 0 Å². The van der Waals surface area contributed by atoms with Crippen molar-refractivity contribution in [3.8, 4) is 18.2 Å². The molecular formula is C14H9N5O. The molecule has 1 aromatic rings. The van der Waals surface area contributed by atoms with E-state index in [1.165, 1.54) is 0 Å². The lowest BCUT2D eigenvalue weighted by molar-refractivity contribution is 0.348. The van der Waals surface area contributed by atoms with Crippen LogP contribution in [0.15, 0.2) is 40.5 Å². The summed E-state index contributed by atoms with van der Waals surface area (Å²) in [6.07, 6.45) is 0. The number of hydrogen-bond donors (Lipinski definition) is 1. The Labute approximate surface area is 115 Å². The lowest BCUT2D eigenvalue weighted by Gasteiger charge is -2.06. The van der Waals surface area contributed by atoms with Crippen molar-refractivity contribution in [2.24, 2.45) is 4.99 Å². The molecule has 1 aliphatic rings. The topological polar surface area (TPSA) is 105 Å². The zero-order valence-corrected chi connectivity index (χ0v) is 10.4. The van der Waals surface area contributed by atoms with Crippen LogP contribution in [0.3, 0.4) is 0 Å². The standard InChI is InChI=1S/C14H9N5O/c15-7-11(8-16)13(9-17)19-12-3-1-10(2-4-12)14-18-5-6-20-14/h1-4,19H,5-6H2. The summed E-state index contributed by atoms with van der Waals surface area (Å²) in [6, 6.07) is 12.2. The molecule has 1 heterocycles. The van der Waals surface area contributed by atoms with Gasteiger partial charge in [-0.3, -0.25) is 0 Å². The molecular weight excluding hydrogens is 254 g/mol. The third-order valence-electron chi connectivity index (χ3n) is 2.57. The van der Waals surface area contributed by atoms with Gasteiger partial charge >= 0.3 is 0 Å². The second-order valence-corrected chi connectivity index (χ2v) is 3.82. The number of nitriles is 3. The Balaban J connectivity index is 2.20. The van der Waals surface area contributed by atoms with Crippen LogP contribution in [0.25, 0.3) is 0 Å². The first-order valence-electron chi connectivity index (χ1n) is 5.77. The van der Waals surface area contributed by atoms with E-state index in [2.05, 4.69) is 10.3 Å². The third-order valence-corrected chi connectivity index (χ3v) is 2.57. The predicted octanol–water partition coefficient (Wildman–Crippen LogP) is 1.70. The van der Waals surface area contributed by atoms with Gasteiger partial charge in [0.2, 0.25) is 5.90 Å². The molecule has 0 radical (unpaired) electrons. The Bertz CT molecular complexity index is 679. The molecule has 0 aromatic heterocycles. The molecule has 0 fully saturated rings. The highest BCUT2D eigenvalue weighted by atomic mass is 16.5. The first-order chi connectivity index (χ1) is 9.78. The summed E-state index contributed by atoms with van der Waals surface area (Å²) in [5.41, 5.74) is 1.13. The first kappa shape index (κ1) is 13.1. The highest BCUT2D eigenvalue weighted by Gasteiger charge is 2.10. The summed E-state index contributed by atoms with van der Waals surface area (Å²) in [6.45, 7) is 1.24. The van der Waals surface area contributed by atoms with Crippen LogP contribution in [-0.4, -0.2) is 19.0 Å². The van der Waals surface area contributed by atoms with E-state index in [9.17, 15) is 0 Å². The predicted molar refractivity (Wildman–Crippen MR) is 71.3 cm³/mol. The van der Waals surface area contributed by atoms with E-state index in [-0.39, 0.29) is 11.3 Å². The molecule has 0 bridgehead atoms. The molecule has 6 heteroatoms. The summed E-state index contributed by atoms with van der Waals surface area (Å²) in [7, 11) is 0. The van der Waals surface area contributed by atoms with Crippen molar-refractivity contribution in [3.05, 3.63) is 41.1 Å². The van der Waals surface area contributed by atoms with Crippen molar-refractivity contribution in [1.29, 1.82) is 15.8 Å². The van der Waals surface area contributed by atoms with Crippen molar-refractivity contribution in [2.45, 2.75) is 0 Å². The van der Waals surface area contributed by atoms with E-state index in [0.29, 0.717) is 24.7 Å². The number of rotatable bonds is 3. The van der Waals surface area contributed by atoms with Gasteiger partial charge in [0.05, 0.1) is 6.54 Å². The van der Waals surface area contributed by atoms with Crippen LogP contribution in [-0.2, 0) is 4.74 Å². The maximum absolute atomic E-state index is 8.94. The Kier molecular flexibility index (Phi) is 3.97. The molecule has 2 rings (SSSR count). The highest BCUT2D eigenvalue weighted by molar-refractivity contribution is 5.95. The minimum atomic E-state index is -0.250. The van der Waals surface area contributed by atoms with E-state index >= 15 is 0 Å². The Hall–Kier alpha value is -3.30. The fourth-order valence-electron chi connectivity index (χ4n) is 1.63. The van der Waals surface area contributed by atoms with Crippen LogP contribution in [0.4, 0.5) is 5.69 Å². The summed E-state index contributed by atoms with van der Waals surface area (Å²) < 4.78 is 5.34. The van der Waals surface area contributed by atoms with Crippen LogP contribution in [0, 0.1) is 34.0 Å². The number of benzene rings is 1. The van der Waals surface area contributed by atoms with Gasteiger partial charge in [-0.2, -0.15) is 15.8 Å². The number of ether oxygens (including phenoxy) is 1. The Morgan fingerprint density at radius 1 is 1.10 bits per heavy atom. The molecule has 20 heavy (non-hydrogen) atoms. The van der Waals surface area contributed by atoms with Crippen LogP contribution < -0.4 is 5.32 Å². The fraction of sp³-hybridized carbons (Fsp3) is 0.143. The van der Waals surface area contributed by atoms with Crippen LogP contribution in [0.1, 0.15) is 5.56 Å². The van der Waals surface area contributed by atoms with Gasteiger partial charge in [0.1, 0.15) is 30.5 Å². The van der Waals surface area contributed by atoms with E-state index in [1.54, 1.807) is 42.5 Å². The second kappa shape index (κ2) is 6.04. The molecule has 0 unspecified atom stereocenters. The van der Waals surface area contributed by atoms with Gasteiger partial charge < -0.3 is 10.1 Å². The molecule has 0 amide bonds. The second-order valence-electron chi connectivity index (χ2n) is 3.82. The van der Waals surface area contributed by atoms with Gasteiger partial charge in [-0.05, 0) is 24.3 Å². The number of nitrogens with zero attached hydrogens (tertiary/aromatic N) is 4. The fourth-order valence-corrected chi connectivity index (χ4v) is 1.63. The summed E-state index contributed by atoms with van der Waals surface area (Å²) in [5, 5.41) is 29.2. The molecule has 1 aromatic carbocycles. The van der Waals surface area contributed by atoms with Crippen molar-refractivity contribution < 1.29 is 4.74 Å². The van der Waals surface area contributed by atoms with Crippen molar-refractivity contribution >= 4 is 11.6 Å². The first-order valence-corrected chi connectivity index (χ1v) is 5.77. The number of nitrogens with one attached hydrogen (secondary N) is 1. The molecule has 96 valence electrons. The highest BCUT2D eigenvalue weighted by Crippen LogP contribution is 2.15. The molecule has 1 aliphatic heterocycles. The molecule has 1 N–H and O–H groups in total. The van der Waals surface area contributed by atoms with Gasteiger partial charge in [-0.1, -0.05) is 0 Å². The van der Waals surface area contributed by atoms with Crippen LogP contribution in [0.2, 0.25) is 0 Å². The van der Waals surface area contributed by atoms with Crippen molar-refractivity contribution in [1.82, 2.24) is 0 Å². The summed E-state index contributed by atoms with van der Waals surface area (Å²) >= 11 is 0. The molecule has 0 atom stereocenters. The number of hydrogen-bond acceptors (Lipinski definition) is 6. The number of anilines is 1. The van der Waals surface area contributed by atoms with Gasteiger partial charge in [-0.15, -0.1) is 0 Å². The maximum atomic E-state index is 8.94. The van der Waals surface area contributed by atoms with Crippen molar-refractivity contribution in [2.75, 3.05) is 18.5 Å². The minimum absolute atomic E-state index is 0.0720. The maximum Gasteiger partial charge on any atom is 0.216 e. The van der Waals surface area contributed by atoms with Gasteiger partial charge in [0.15, 0.2) is 5.57 Å². The zero-order chi connectivity index (χ0) is 14.4. The number of aliphatic imine (C=N–C) groups is 1. The summed E-state index contributed by atoms with van der Waals surface area (Å²) in [5.74, 6) is 0.599. The largest absolute Gasteiger partial charge is 0.476 e. The third kappa shape index (κ3) is 2.75. The van der Waals surface area contributed by atoms with E-state index in [4.69, 9.17) is 20.5 Å². The lowest BCUT2D eigenvalue weighted by Crippen LogP contribution is -2.03. The Morgan fingerprint density at radius 3 is 2.30 bits per heavy atom.